The van der Waals surface area contributed by atoms with Gasteiger partial charge in [0.2, 0.25) is 0 Å². The molecule has 0 unspecified atom stereocenters. The predicted octanol–water partition coefficient (Wildman–Crippen LogP) is -0.347. The smallest absolute Gasteiger partial charge is 0.0587 e. The summed E-state index contributed by atoms with van der Waals surface area (Å²) < 4.78 is 0. The highest BCUT2D eigenvalue weighted by Crippen LogP contribution is 1.84. The first-order valence-electron chi connectivity index (χ1n) is 2.91. The van der Waals surface area contributed by atoms with Crippen LogP contribution in [0, 0.1) is 5.92 Å². The molecule has 0 spiro atoms. The van der Waals surface area contributed by atoms with Crippen LogP contribution in [0.1, 0.15) is 13.8 Å². The van der Waals surface area contributed by atoms with Crippen LogP contribution >= 0.6 is 0 Å². The van der Waals surface area contributed by atoms with E-state index in [1.165, 1.54) is 0 Å². The molecule has 0 rings (SSSR count). The van der Waals surface area contributed by atoms with Crippen molar-refractivity contribution in [1.82, 2.24) is 10.7 Å². The molecule has 0 aliphatic carbocycles. The van der Waals surface area contributed by atoms with Gasteiger partial charge < -0.3 is 5.32 Å². The Labute approximate surface area is 50.6 Å². The first-order chi connectivity index (χ1) is 3.77. The Hall–Kier alpha value is -0.120. The van der Waals surface area contributed by atoms with Crippen molar-refractivity contribution in [3.05, 3.63) is 0 Å². The summed E-state index contributed by atoms with van der Waals surface area (Å²) in [6.45, 7) is 6.02. The largest absolute Gasteiger partial charge is 0.303 e. The second-order valence-electron chi connectivity index (χ2n) is 2.23. The van der Waals surface area contributed by atoms with Gasteiger partial charge in [0.05, 0.1) is 6.67 Å². The Bertz CT molecular complexity index is 44.9. The van der Waals surface area contributed by atoms with Gasteiger partial charge in [-0.05, 0) is 12.5 Å². The number of hydrogen-bond acceptors (Lipinski definition) is 3. The third kappa shape index (κ3) is 5.88. The second-order valence-corrected chi connectivity index (χ2v) is 2.23. The van der Waals surface area contributed by atoms with E-state index in [0.717, 1.165) is 6.54 Å². The Balaban J connectivity index is 2.72. The molecule has 0 aliphatic rings. The molecule has 3 nitrogen and oxygen atoms in total. The minimum atomic E-state index is 0.693. The van der Waals surface area contributed by atoms with Crippen LogP contribution in [0.25, 0.3) is 0 Å². The van der Waals surface area contributed by atoms with Crippen LogP contribution in [0.2, 0.25) is 0 Å². The van der Waals surface area contributed by atoms with E-state index in [1.807, 2.05) is 0 Å². The first-order valence-corrected chi connectivity index (χ1v) is 2.91. The summed E-state index contributed by atoms with van der Waals surface area (Å²) >= 11 is 0. The third-order valence-corrected chi connectivity index (χ3v) is 0.780. The molecule has 3 heteroatoms. The molecule has 0 aromatic carbocycles. The lowest BCUT2D eigenvalue weighted by Crippen LogP contribution is -2.35. The SMILES string of the molecule is CC(C)CNCNN. The van der Waals surface area contributed by atoms with E-state index in [2.05, 4.69) is 24.6 Å². The standard InChI is InChI=1S/C5H15N3/c1-5(2)3-7-4-8-6/h5,7-8H,3-4,6H2,1-2H3. The molecular formula is C5H15N3. The second kappa shape index (κ2) is 5.03. The maximum atomic E-state index is 5.00. The monoisotopic (exact) mass is 117 g/mol. The van der Waals surface area contributed by atoms with Gasteiger partial charge >= 0.3 is 0 Å². The fourth-order valence-electron chi connectivity index (χ4n) is 0.433. The van der Waals surface area contributed by atoms with Crippen LogP contribution in [-0.2, 0) is 0 Å². The molecule has 0 aliphatic heterocycles. The van der Waals surface area contributed by atoms with Crippen molar-refractivity contribution < 1.29 is 0 Å². The Morgan fingerprint density at radius 2 is 2.12 bits per heavy atom. The van der Waals surface area contributed by atoms with Gasteiger partial charge in [0.1, 0.15) is 0 Å². The maximum absolute atomic E-state index is 5.00. The number of rotatable bonds is 4. The highest BCUT2D eigenvalue weighted by molar-refractivity contribution is 4.46. The van der Waals surface area contributed by atoms with E-state index >= 15 is 0 Å². The van der Waals surface area contributed by atoms with Crippen LogP contribution in [0.3, 0.4) is 0 Å². The van der Waals surface area contributed by atoms with Gasteiger partial charge in [-0.3, -0.25) is 5.84 Å². The number of nitrogens with one attached hydrogen (secondary N) is 2. The van der Waals surface area contributed by atoms with Crippen LogP contribution in [-0.4, -0.2) is 13.2 Å². The molecule has 0 aromatic rings. The molecule has 0 amide bonds. The molecule has 8 heavy (non-hydrogen) atoms. The third-order valence-electron chi connectivity index (χ3n) is 0.780. The summed E-state index contributed by atoms with van der Waals surface area (Å²) in [6, 6.07) is 0. The summed E-state index contributed by atoms with van der Waals surface area (Å²) in [6.07, 6.45) is 0. The van der Waals surface area contributed by atoms with Crippen LogP contribution in [0.5, 0.6) is 0 Å². The summed E-state index contributed by atoms with van der Waals surface area (Å²) in [7, 11) is 0. The summed E-state index contributed by atoms with van der Waals surface area (Å²) in [5.41, 5.74) is 2.51. The highest BCUT2D eigenvalue weighted by atomic mass is 15.3. The van der Waals surface area contributed by atoms with Gasteiger partial charge in [-0.15, -0.1) is 0 Å². The van der Waals surface area contributed by atoms with Gasteiger partial charge in [0.25, 0.3) is 0 Å². The minimum absolute atomic E-state index is 0.693. The molecular weight excluding hydrogens is 102 g/mol. The molecule has 0 saturated carbocycles. The van der Waals surface area contributed by atoms with Crippen molar-refractivity contribution in [3.63, 3.8) is 0 Å². The lowest BCUT2D eigenvalue weighted by atomic mass is 10.2. The zero-order valence-corrected chi connectivity index (χ0v) is 5.57. The Morgan fingerprint density at radius 1 is 1.50 bits per heavy atom. The van der Waals surface area contributed by atoms with E-state index in [0.29, 0.717) is 12.6 Å². The van der Waals surface area contributed by atoms with Gasteiger partial charge in [-0.1, -0.05) is 13.8 Å². The quantitative estimate of drug-likeness (QED) is 0.204. The van der Waals surface area contributed by atoms with Gasteiger partial charge in [-0.2, -0.15) is 0 Å². The lowest BCUT2D eigenvalue weighted by Gasteiger charge is -2.04. The highest BCUT2D eigenvalue weighted by Gasteiger charge is 1.88. The maximum Gasteiger partial charge on any atom is 0.0587 e. The molecule has 0 bridgehead atoms. The van der Waals surface area contributed by atoms with Crippen LogP contribution in [0.15, 0.2) is 0 Å². The fourth-order valence-corrected chi connectivity index (χ4v) is 0.433. The fraction of sp³-hybridized carbons (Fsp3) is 1.00. The first kappa shape index (κ1) is 7.88. The van der Waals surface area contributed by atoms with Crippen molar-refractivity contribution in [2.75, 3.05) is 13.2 Å². The molecule has 0 heterocycles. The molecule has 0 atom stereocenters. The van der Waals surface area contributed by atoms with Crippen LogP contribution < -0.4 is 16.6 Å². The van der Waals surface area contributed by atoms with Gasteiger partial charge in [0, 0.05) is 0 Å². The van der Waals surface area contributed by atoms with Crippen molar-refractivity contribution in [2.45, 2.75) is 13.8 Å². The Kier molecular flexibility index (Phi) is 4.95. The van der Waals surface area contributed by atoms with E-state index < -0.39 is 0 Å². The molecule has 4 N–H and O–H groups in total. The molecule has 0 radical (unpaired) electrons. The molecule has 0 fully saturated rings. The van der Waals surface area contributed by atoms with Gasteiger partial charge in [-0.25, -0.2) is 5.43 Å². The van der Waals surface area contributed by atoms with Crippen molar-refractivity contribution >= 4 is 0 Å². The average Bonchev–Trinajstić information content (AvgIpc) is 1.66. The minimum Gasteiger partial charge on any atom is -0.303 e. The summed E-state index contributed by atoms with van der Waals surface area (Å²) in [5.74, 6) is 5.70. The zero-order valence-electron chi connectivity index (χ0n) is 5.57. The molecule has 0 aromatic heterocycles. The number of hydrazine groups is 1. The van der Waals surface area contributed by atoms with E-state index in [-0.39, 0.29) is 0 Å². The average molecular weight is 117 g/mol. The molecule has 0 saturated heterocycles. The van der Waals surface area contributed by atoms with E-state index in [4.69, 9.17) is 5.84 Å². The zero-order chi connectivity index (χ0) is 6.41. The molecule has 50 valence electrons. The number of nitrogens with two attached hydrogens (primary N) is 1. The summed E-state index contributed by atoms with van der Waals surface area (Å²) in [5, 5.41) is 3.10. The van der Waals surface area contributed by atoms with Crippen molar-refractivity contribution in [1.29, 1.82) is 0 Å². The van der Waals surface area contributed by atoms with Gasteiger partial charge in [0.15, 0.2) is 0 Å². The van der Waals surface area contributed by atoms with E-state index in [1.54, 1.807) is 0 Å². The predicted molar refractivity (Wildman–Crippen MR) is 35.0 cm³/mol. The van der Waals surface area contributed by atoms with Crippen LogP contribution in [0.4, 0.5) is 0 Å². The van der Waals surface area contributed by atoms with Crippen molar-refractivity contribution in [3.8, 4) is 0 Å². The Morgan fingerprint density at radius 3 is 2.50 bits per heavy atom. The van der Waals surface area contributed by atoms with Crippen molar-refractivity contribution in [2.24, 2.45) is 11.8 Å². The number of hydrogen-bond donors (Lipinski definition) is 3. The summed E-state index contributed by atoms with van der Waals surface area (Å²) in [4.78, 5) is 0. The topological polar surface area (TPSA) is 50.1 Å². The normalized spacial score (nSPS) is 10.5. The lowest BCUT2D eigenvalue weighted by molar-refractivity contribution is 0.521. The van der Waals surface area contributed by atoms with E-state index in [9.17, 15) is 0 Å².